The Morgan fingerprint density at radius 1 is 1.24 bits per heavy atom. The highest BCUT2D eigenvalue weighted by Gasteiger charge is 2.29. The van der Waals surface area contributed by atoms with Gasteiger partial charge in [0.05, 0.1) is 30.6 Å². The lowest BCUT2D eigenvalue weighted by Gasteiger charge is -2.34. The van der Waals surface area contributed by atoms with E-state index < -0.39 is 13.0 Å². The maximum atomic E-state index is 13.3. The second kappa shape index (κ2) is 10.6. The van der Waals surface area contributed by atoms with Gasteiger partial charge in [-0.25, -0.2) is 13.8 Å². The third kappa shape index (κ3) is 5.25. The number of pyridine rings is 1. The van der Waals surface area contributed by atoms with E-state index in [2.05, 4.69) is 27.5 Å². The molecule has 2 heterocycles. The minimum Gasteiger partial charge on any atom is -0.495 e. The molecule has 1 aromatic carbocycles. The van der Waals surface area contributed by atoms with E-state index in [0.29, 0.717) is 32.3 Å². The number of ether oxygens (including phenoxy) is 1. The van der Waals surface area contributed by atoms with Crippen molar-refractivity contribution >= 4 is 38.8 Å². The maximum Gasteiger partial charge on any atom is 0.256 e. The molecule has 1 aliphatic rings. The predicted molar refractivity (Wildman–Crippen MR) is 119 cm³/mol. The van der Waals surface area contributed by atoms with Crippen LogP contribution in [0.5, 0.6) is 5.75 Å². The monoisotopic (exact) mass is 482 g/mol. The Bertz CT molecular complexity index is 930. The Morgan fingerprint density at radius 3 is 2.45 bits per heavy atom. The molecule has 0 saturated heterocycles. The summed E-state index contributed by atoms with van der Waals surface area (Å²) < 4.78 is 32.5. The lowest BCUT2D eigenvalue weighted by Crippen LogP contribution is -2.30. The van der Waals surface area contributed by atoms with Crippen molar-refractivity contribution in [2.45, 2.75) is 20.3 Å². The van der Waals surface area contributed by atoms with Crippen molar-refractivity contribution in [3.05, 3.63) is 81.7 Å². The molecule has 1 aromatic heterocycles. The summed E-state index contributed by atoms with van der Waals surface area (Å²) in [7, 11) is 1.51. The Hall–Kier alpha value is -2.18. The van der Waals surface area contributed by atoms with Crippen molar-refractivity contribution in [2.24, 2.45) is 0 Å². The van der Waals surface area contributed by atoms with Crippen LogP contribution in [0.2, 0.25) is 5.02 Å². The number of aromatic nitrogens is 1. The molecule has 0 aliphatic carbocycles. The van der Waals surface area contributed by atoms with Crippen molar-refractivity contribution in [3.63, 3.8) is 0 Å². The average Bonchev–Trinajstić information content (AvgIpc) is 2.73. The molecular weight excluding hydrogens is 462 g/mol. The number of methoxy groups -OCH3 is 1. The van der Waals surface area contributed by atoms with Crippen LogP contribution in [0.4, 0.5) is 8.78 Å². The molecule has 1 aliphatic heterocycles. The molecule has 0 spiro atoms. The van der Waals surface area contributed by atoms with Crippen molar-refractivity contribution in [3.8, 4) is 5.75 Å². The van der Waals surface area contributed by atoms with Crippen LogP contribution >= 0.6 is 27.5 Å². The second-order valence-corrected chi connectivity index (χ2v) is 7.04. The number of alkyl halides is 2. The van der Waals surface area contributed by atoms with E-state index in [9.17, 15) is 8.78 Å². The molecule has 0 saturated carbocycles. The van der Waals surface area contributed by atoms with Crippen LogP contribution in [0.25, 0.3) is 11.3 Å². The molecule has 3 nitrogen and oxygen atoms in total. The van der Waals surface area contributed by atoms with Crippen LogP contribution in [-0.2, 0) is 0 Å². The van der Waals surface area contributed by atoms with Crippen LogP contribution in [0.1, 0.15) is 25.1 Å². The number of rotatable bonds is 5. The first-order valence-electron chi connectivity index (χ1n) is 9.04. The Kier molecular flexibility index (Phi) is 8.41. The standard InChI is InChI=1S/C20H16BrClF2N2O.C2H6/c1-12-16(21)9-15(13-6-4-3-5-7-13)20(26(12)11-18(23)24)19-17(22)8-14(27-2)10-25-19;1-2/h3-10,18H,1,11H2,2H3;1-2H3. The van der Waals surface area contributed by atoms with E-state index >= 15 is 0 Å². The molecular formula is C22H22BrClF2N2O. The molecule has 0 unspecified atom stereocenters. The first kappa shape index (κ1) is 23.1. The van der Waals surface area contributed by atoms with E-state index in [1.54, 1.807) is 6.07 Å². The summed E-state index contributed by atoms with van der Waals surface area (Å²) in [5.41, 5.74) is 2.84. The third-order valence-corrected chi connectivity index (χ3v) is 5.05. The largest absolute Gasteiger partial charge is 0.495 e. The number of allylic oxidation sites excluding steroid dienone is 3. The van der Waals surface area contributed by atoms with Gasteiger partial charge in [0.2, 0.25) is 0 Å². The predicted octanol–water partition coefficient (Wildman–Crippen LogP) is 7.01. The van der Waals surface area contributed by atoms with Crippen molar-refractivity contribution in [2.75, 3.05) is 13.7 Å². The topological polar surface area (TPSA) is 25.4 Å². The van der Waals surface area contributed by atoms with Crippen molar-refractivity contribution in [1.82, 2.24) is 9.88 Å². The fraction of sp³-hybridized carbons (Fsp3) is 0.227. The summed E-state index contributed by atoms with van der Waals surface area (Å²) in [6.45, 7) is 7.41. The summed E-state index contributed by atoms with van der Waals surface area (Å²) in [4.78, 5) is 5.82. The summed E-state index contributed by atoms with van der Waals surface area (Å²) in [5, 5.41) is 0.302. The van der Waals surface area contributed by atoms with E-state index in [-0.39, 0.29) is 0 Å². The van der Waals surface area contributed by atoms with Gasteiger partial charge >= 0.3 is 0 Å². The molecule has 0 atom stereocenters. The summed E-state index contributed by atoms with van der Waals surface area (Å²) >= 11 is 9.86. The Morgan fingerprint density at radius 2 is 1.90 bits per heavy atom. The van der Waals surface area contributed by atoms with Crippen LogP contribution in [0.3, 0.4) is 0 Å². The lowest BCUT2D eigenvalue weighted by atomic mass is 9.97. The first-order valence-corrected chi connectivity index (χ1v) is 10.2. The molecule has 3 rings (SSSR count). The summed E-state index contributed by atoms with van der Waals surface area (Å²) in [5.74, 6) is 0.484. The van der Waals surface area contributed by atoms with Crippen LogP contribution in [0, 0.1) is 0 Å². The van der Waals surface area contributed by atoms with E-state index in [0.717, 1.165) is 11.1 Å². The second-order valence-electron chi connectivity index (χ2n) is 5.77. The van der Waals surface area contributed by atoms with Gasteiger partial charge in [-0.1, -0.05) is 62.4 Å². The average molecular weight is 484 g/mol. The smallest absolute Gasteiger partial charge is 0.256 e. The van der Waals surface area contributed by atoms with E-state index in [1.807, 2.05) is 50.3 Å². The minimum absolute atomic E-state index is 0.302. The van der Waals surface area contributed by atoms with Gasteiger partial charge in [-0.3, -0.25) is 0 Å². The molecule has 154 valence electrons. The number of nitrogens with zero attached hydrogens (tertiary/aromatic N) is 2. The van der Waals surface area contributed by atoms with Crippen molar-refractivity contribution < 1.29 is 13.5 Å². The maximum absolute atomic E-state index is 13.3. The fourth-order valence-corrected chi connectivity index (χ4v) is 3.52. The zero-order valence-corrected chi connectivity index (χ0v) is 18.8. The third-order valence-electron chi connectivity index (χ3n) is 4.08. The Balaban J connectivity index is 0.00000145. The van der Waals surface area contributed by atoms with Crippen LogP contribution in [-0.4, -0.2) is 30.0 Å². The van der Waals surface area contributed by atoms with Gasteiger partial charge < -0.3 is 9.64 Å². The SMILES string of the molecule is C=C1C(Br)=CC(c2ccccc2)=C(c2ncc(OC)cc2Cl)N1CC(F)F.CC. The highest BCUT2D eigenvalue weighted by Crippen LogP contribution is 2.42. The number of hydrogen-bond acceptors (Lipinski definition) is 3. The van der Waals surface area contributed by atoms with Gasteiger partial charge in [-0.15, -0.1) is 0 Å². The van der Waals surface area contributed by atoms with Gasteiger partial charge in [-0.2, -0.15) is 0 Å². The number of hydrogen-bond donors (Lipinski definition) is 0. The van der Waals surface area contributed by atoms with Gasteiger partial charge in [0, 0.05) is 21.8 Å². The molecule has 0 bridgehead atoms. The summed E-state index contributed by atoms with van der Waals surface area (Å²) in [6, 6.07) is 11.1. The first-order chi connectivity index (χ1) is 13.9. The molecule has 0 fully saturated rings. The van der Waals surface area contributed by atoms with Gasteiger partial charge in [0.25, 0.3) is 6.43 Å². The Labute approximate surface area is 183 Å². The normalized spacial score (nSPS) is 13.9. The van der Waals surface area contributed by atoms with Crippen molar-refractivity contribution in [1.29, 1.82) is 0 Å². The minimum atomic E-state index is -2.57. The zero-order chi connectivity index (χ0) is 21.6. The number of benzene rings is 1. The lowest BCUT2D eigenvalue weighted by molar-refractivity contribution is 0.123. The summed E-state index contributed by atoms with van der Waals surface area (Å²) in [6.07, 6.45) is 0.786. The van der Waals surface area contributed by atoms with Gasteiger partial charge in [0.15, 0.2) is 0 Å². The quantitative estimate of drug-likeness (QED) is 0.457. The molecule has 7 heteroatoms. The van der Waals surface area contributed by atoms with Gasteiger partial charge in [-0.05, 0) is 27.6 Å². The van der Waals surface area contributed by atoms with Crippen LogP contribution < -0.4 is 4.74 Å². The zero-order valence-electron chi connectivity index (χ0n) is 16.4. The molecule has 0 N–H and O–H groups in total. The van der Waals surface area contributed by atoms with Gasteiger partial charge in [0.1, 0.15) is 11.4 Å². The highest BCUT2D eigenvalue weighted by atomic mass is 79.9. The van der Waals surface area contributed by atoms with E-state index in [1.165, 1.54) is 18.2 Å². The molecule has 0 radical (unpaired) electrons. The van der Waals surface area contributed by atoms with E-state index in [4.69, 9.17) is 16.3 Å². The number of halogens is 4. The molecule has 0 amide bonds. The highest BCUT2D eigenvalue weighted by molar-refractivity contribution is 9.12. The van der Waals surface area contributed by atoms with Crippen LogP contribution in [0.15, 0.2) is 65.4 Å². The molecule has 29 heavy (non-hydrogen) atoms. The molecule has 2 aromatic rings. The fourth-order valence-electron chi connectivity index (χ4n) is 2.83.